The van der Waals surface area contributed by atoms with Gasteiger partial charge >= 0.3 is 6.03 Å². The number of para-hydroxylation sites is 1. The molecule has 0 bridgehead atoms. The molecule has 1 fully saturated rings. The first-order valence-electron chi connectivity index (χ1n) is 7.97. The first-order valence-corrected chi connectivity index (χ1v) is 7.97. The molecule has 4 nitrogen and oxygen atoms in total. The van der Waals surface area contributed by atoms with E-state index >= 15 is 0 Å². The highest BCUT2D eigenvalue weighted by atomic mass is 19.2. The number of carbonyl (C=O) groups excluding carboxylic acids is 1. The van der Waals surface area contributed by atoms with Crippen molar-refractivity contribution in [3.8, 4) is 0 Å². The van der Waals surface area contributed by atoms with Gasteiger partial charge in [-0.3, -0.25) is 0 Å². The number of hydrogen-bond acceptors (Lipinski definition) is 2. The van der Waals surface area contributed by atoms with Gasteiger partial charge in [0.25, 0.3) is 0 Å². The average Bonchev–Trinajstić information content (AvgIpc) is 2.63. The third-order valence-corrected chi connectivity index (χ3v) is 4.30. The summed E-state index contributed by atoms with van der Waals surface area (Å²) in [7, 11) is 0. The maximum absolute atomic E-state index is 13.7. The molecular formula is C18H18F3N3O. The van der Waals surface area contributed by atoms with Crippen LogP contribution in [0.25, 0.3) is 0 Å². The molecule has 0 aromatic heterocycles. The highest BCUT2D eigenvalue weighted by Gasteiger charge is 2.23. The fraction of sp³-hybridized carbons (Fsp3) is 0.278. The number of urea groups is 1. The number of benzene rings is 2. The summed E-state index contributed by atoms with van der Waals surface area (Å²) in [5.74, 6) is -4.28. The van der Waals surface area contributed by atoms with Gasteiger partial charge in [0.15, 0.2) is 17.5 Å². The maximum atomic E-state index is 13.7. The van der Waals surface area contributed by atoms with E-state index in [4.69, 9.17) is 0 Å². The average molecular weight is 349 g/mol. The Bertz CT molecular complexity index is 789. The number of amides is 2. The van der Waals surface area contributed by atoms with Crippen LogP contribution in [0.15, 0.2) is 36.4 Å². The SMILES string of the molecule is Cc1ccccc1N1CCN(C(=O)Nc2ccc(F)c(F)c2F)CC1. The molecule has 25 heavy (non-hydrogen) atoms. The van der Waals surface area contributed by atoms with Crippen LogP contribution in [-0.4, -0.2) is 37.1 Å². The Morgan fingerprint density at radius 2 is 1.64 bits per heavy atom. The minimum atomic E-state index is -1.60. The first-order chi connectivity index (χ1) is 12.0. The summed E-state index contributed by atoms with van der Waals surface area (Å²) in [6, 6.07) is 9.25. The molecule has 0 spiro atoms. The van der Waals surface area contributed by atoms with E-state index in [0.29, 0.717) is 26.2 Å². The fourth-order valence-corrected chi connectivity index (χ4v) is 2.89. The lowest BCUT2D eigenvalue weighted by Gasteiger charge is -2.36. The summed E-state index contributed by atoms with van der Waals surface area (Å²) < 4.78 is 39.8. The van der Waals surface area contributed by atoms with E-state index in [9.17, 15) is 18.0 Å². The van der Waals surface area contributed by atoms with Crippen molar-refractivity contribution in [2.75, 3.05) is 36.4 Å². The molecule has 2 aromatic rings. The van der Waals surface area contributed by atoms with Crippen LogP contribution in [0.3, 0.4) is 0 Å². The van der Waals surface area contributed by atoms with E-state index in [1.165, 1.54) is 4.90 Å². The Morgan fingerprint density at radius 3 is 2.32 bits per heavy atom. The van der Waals surface area contributed by atoms with Crippen molar-refractivity contribution in [2.24, 2.45) is 0 Å². The summed E-state index contributed by atoms with van der Waals surface area (Å²) in [6.45, 7) is 4.20. The minimum Gasteiger partial charge on any atom is -0.368 e. The van der Waals surface area contributed by atoms with E-state index in [1.54, 1.807) is 0 Å². The highest BCUT2D eigenvalue weighted by Crippen LogP contribution is 2.22. The molecular weight excluding hydrogens is 331 g/mol. The molecule has 0 radical (unpaired) electrons. The Kier molecular flexibility index (Phi) is 4.83. The Hall–Kier alpha value is -2.70. The van der Waals surface area contributed by atoms with Gasteiger partial charge in [0.2, 0.25) is 0 Å². The Labute approximate surface area is 143 Å². The predicted octanol–water partition coefficient (Wildman–Crippen LogP) is 3.77. The number of rotatable bonds is 2. The molecule has 132 valence electrons. The largest absolute Gasteiger partial charge is 0.368 e. The van der Waals surface area contributed by atoms with Crippen LogP contribution in [0, 0.1) is 24.4 Å². The Balaban J connectivity index is 1.62. The third kappa shape index (κ3) is 3.55. The van der Waals surface area contributed by atoms with Crippen molar-refractivity contribution in [3.63, 3.8) is 0 Å². The van der Waals surface area contributed by atoms with Gasteiger partial charge in [-0.15, -0.1) is 0 Å². The molecule has 1 aliphatic heterocycles. The standard InChI is InChI=1S/C18H18F3N3O/c1-12-4-2-3-5-15(12)23-8-10-24(11-9-23)18(25)22-14-7-6-13(19)16(20)17(14)21/h2-7H,8-11H2,1H3,(H,22,25). The van der Waals surface area contributed by atoms with Crippen LogP contribution in [0.4, 0.5) is 29.3 Å². The smallest absolute Gasteiger partial charge is 0.322 e. The second kappa shape index (κ2) is 7.04. The number of halogens is 3. The number of anilines is 2. The van der Waals surface area contributed by atoms with Crippen LogP contribution in [-0.2, 0) is 0 Å². The van der Waals surface area contributed by atoms with Crippen LogP contribution in [0.1, 0.15) is 5.56 Å². The fourth-order valence-electron chi connectivity index (χ4n) is 2.89. The monoisotopic (exact) mass is 349 g/mol. The lowest BCUT2D eigenvalue weighted by atomic mass is 10.1. The van der Waals surface area contributed by atoms with Gasteiger partial charge in [0, 0.05) is 31.9 Å². The summed E-state index contributed by atoms with van der Waals surface area (Å²) >= 11 is 0. The van der Waals surface area contributed by atoms with Crippen LogP contribution in [0.5, 0.6) is 0 Å². The summed E-state index contributed by atoms with van der Waals surface area (Å²) in [5.41, 5.74) is 1.91. The second-order valence-corrected chi connectivity index (χ2v) is 5.91. The summed E-state index contributed by atoms with van der Waals surface area (Å²) in [6.07, 6.45) is 0. The first kappa shape index (κ1) is 17.1. The molecule has 1 saturated heterocycles. The van der Waals surface area contributed by atoms with Gasteiger partial charge in [0.1, 0.15) is 0 Å². The van der Waals surface area contributed by atoms with Crippen LogP contribution < -0.4 is 10.2 Å². The molecule has 0 saturated carbocycles. The predicted molar refractivity (Wildman–Crippen MR) is 90.3 cm³/mol. The zero-order valence-corrected chi connectivity index (χ0v) is 13.7. The maximum Gasteiger partial charge on any atom is 0.322 e. The molecule has 7 heteroatoms. The molecule has 0 aliphatic carbocycles. The van der Waals surface area contributed by atoms with Crippen molar-refractivity contribution in [3.05, 3.63) is 59.4 Å². The van der Waals surface area contributed by atoms with Crippen molar-refractivity contribution in [1.29, 1.82) is 0 Å². The number of carbonyl (C=O) groups is 1. The van der Waals surface area contributed by atoms with Crippen molar-refractivity contribution in [1.82, 2.24) is 4.90 Å². The molecule has 2 amide bonds. The number of nitrogens with one attached hydrogen (secondary N) is 1. The van der Waals surface area contributed by atoms with Crippen molar-refractivity contribution < 1.29 is 18.0 Å². The number of aryl methyl sites for hydroxylation is 1. The molecule has 3 rings (SSSR count). The van der Waals surface area contributed by atoms with E-state index in [1.807, 2.05) is 31.2 Å². The van der Waals surface area contributed by atoms with Crippen molar-refractivity contribution in [2.45, 2.75) is 6.92 Å². The number of piperazine rings is 1. The van der Waals surface area contributed by atoms with E-state index in [0.717, 1.165) is 23.4 Å². The van der Waals surface area contributed by atoms with E-state index < -0.39 is 23.5 Å². The van der Waals surface area contributed by atoms with Gasteiger partial charge in [-0.1, -0.05) is 18.2 Å². The minimum absolute atomic E-state index is 0.370. The highest BCUT2D eigenvalue weighted by molar-refractivity contribution is 5.89. The molecule has 1 N–H and O–H groups in total. The molecule has 0 atom stereocenters. The quantitative estimate of drug-likeness (QED) is 0.838. The van der Waals surface area contributed by atoms with Crippen molar-refractivity contribution >= 4 is 17.4 Å². The van der Waals surface area contributed by atoms with Gasteiger partial charge in [-0.25, -0.2) is 18.0 Å². The second-order valence-electron chi connectivity index (χ2n) is 5.91. The zero-order chi connectivity index (χ0) is 18.0. The molecule has 1 aliphatic rings. The molecule has 0 unspecified atom stereocenters. The lowest BCUT2D eigenvalue weighted by Crippen LogP contribution is -2.50. The topological polar surface area (TPSA) is 35.6 Å². The summed E-state index contributed by atoms with van der Waals surface area (Å²) in [5, 5.41) is 2.30. The lowest BCUT2D eigenvalue weighted by molar-refractivity contribution is 0.208. The molecule has 1 heterocycles. The van der Waals surface area contributed by atoms with Crippen LogP contribution in [0.2, 0.25) is 0 Å². The van der Waals surface area contributed by atoms with Crippen LogP contribution >= 0.6 is 0 Å². The van der Waals surface area contributed by atoms with Gasteiger partial charge < -0.3 is 15.1 Å². The Morgan fingerprint density at radius 1 is 0.960 bits per heavy atom. The molecule has 2 aromatic carbocycles. The number of nitrogens with zero attached hydrogens (tertiary/aromatic N) is 2. The van der Waals surface area contributed by atoms with Gasteiger partial charge in [-0.05, 0) is 30.7 Å². The van der Waals surface area contributed by atoms with E-state index in [-0.39, 0.29) is 5.69 Å². The summed E-state index contributed by atoms with van der Waals surface area (Å²) in [4.78, 5) is 15.9. The normalized spacial score (nSPS) is 14.6. The van der Waals surface area contributed by atoms with E-state index in [2.05, 4.69) is 10.2 Å². The van der Waals surface area contributed by atoms with Gasteiger partial charge in [-0.2, -0.15) is 0 Å². The number of hydrogen-bond donors (Lipinski definition) is 1. The van der Waals surface area contributed by atoms with Gasteiger partial charge in [0.05, 0.1) is 5.69 Å². The third-order valence-electron chi connectivity index (χ3n) is 4.30. The zero-order valence-electron chi connectivity index (χ0n) is 13.7.